The normalized spacial score (nSPS) is 11.6. The smallest absolute Gasteiger partial charge is 0.287 e. The molecule has 0 saturated carbocycles. The first-order valence-corrected chi connectivity index (χ1v) is 11.3. The van der Waals surface area contributed by atoms with Gasteiger partial charge in [-0.1, -0.05) is 30.3 Å². The summed E-state index contributed by atoms with van der Waals surface area (Å²) in [6.45, 7) is 0.216. The second-order valence-electron chi connectivity index (χ2n) is 8.21. The zero-order valence-electron chi connectivity index (χ0n) is 19.9. The number of rotatable bonds is 10. The molecule has 1 atom stereocenters. The lowest BCUT2D eigenvalue weighted by Crippen LogP contribution is -2.47. The van der Waals surface area contributed by atoms with Crippen LogP contribution in [0.2, 0.25) is 0 Å². The Morgan fingerprint density at radius 2 is 1.78 bits per heavy atom. The van der Waals surface area contributed by atoms with Gasteiger partial charge in [0.25, 0.3) is 11.8 Å². The van der Waals surface area contributed by atoms with Crippen molar-refractivity contribution in [1.82, 2.24) is 20.1 Å². The Morgan fingerprint density at radius 1 is 1.05 bits per heavy atom. The first-order valence-electron chi connectivity index (χ1n) is 11.3. The summed E-state index contributed by atoms with van der Waals surface area (Å²) < 4.78 is 20.2. The van der Waals surface area contributed by atoms with Crippen LogP contribution < -0.4 is 11.1 Å². The van der Waals surface area contributed by atoms with E-state index >= 15 is 0 Å². The average molecular weight is 502 g/mol. The van der Waals surface area contributed by atoms with Crippen molar-refractivity contribution < 1.29 is 23.5 Å². The largest absolute Gasteiger partial charge is 0.380 e. The number of primary amides is 1. The molecule has 1 unspecified atom stereocenters. The predicted molar refractivity (Wildman–Crippen MR) is 133 cm³/mol. The fraction of sp³-hybridized carbons (Fsp3) is 0.148. The highest BCUT2D eigenvalue weighted by atomic mass is 19.1. The molecule has 9 nitrogen and oxygen atoms in total. The number of hydrogen-bond acceptors (Lipinski definition) is 6. The maximum Gasteiger partial charge on any atom is 0.287 e. The lowest BCUT2D eigenvalue weighted by atomic mass is 10.0. The molecule has 0 aliphatic heterocycles. The van der Waals surface area contributed by atoms with E-state index in [1.54, 1.807) is 48.7 Å². The van der Waals surface area contributed by atoms with Crippen LogP contribution in [0.5, 0.6) is 0 Å². The van der Waals surface area contributed by atoms with E-state index in [4.69, 9.17) is 10.5 Å². The van der Waals surface area contributed by atoms with Crippen molar-refractivity contribution in [2.75, 3.05) is 7.11 Å². The van der Waals surface area contributed by atoms with Gasteiger partial charge in [-0.15, -0.1) is 0 Å². The molecule has 3 N–H and O–H groups in total. The molecule has 188 valence electrons. The molecule has 0 fully saturated rings. The van der Waals surface area contributed by atoms with Gasteiger partial charge in [0.05, 0.1) is 17.9 Å². The summed E-state index contributed by atoms with van der Waals surface area (Å²) in [5.74, 6) is -2.88. The van der Waals surface area contributed by atoms with Crippen LogP contribution in [-0.4, -0.2) is 45.5 Å². The summed E-state index contributed by atoms with van der Waals surface area (Å²) in [5, 5.41) is 7.20. The molecule has 0 bridgehead atoms. The van der Waals surface area contributed by atoms with Crippen molar-refractivity contribution in [3.8, 4) is 17.1 Å². The Kier molecular flexibility index (Phi) is 7.80. The lowest BCUT2D eigenvalue weighted by Gasteiger charge is -2.17. The number of hydrogen-bond donors (Lipinski definition) is 2. The first kappa shape index (κ1) is 25.4. The van der Waals surface area contributed by atoms with E-state index in [1.807, 2.05) is 6.07 Å². The molecule has 0 spiro atoms. The van der Waals surface area contributed by atoms with E-state index in [0.717, 1.165) is 5.56 Å². The molecular formula is C27H24FN5O4. The van der Waals surface area contributed by atoms with Gasteiger partial charge in [0.15, 0.2) is 5.82 Å². The molecule has 4 aromatic rings. The molecule has 10 heteroatoms. The number of ketones is 1. The minimum Gasteiger partial charge on any atom is -0.380 e. The Bertz CT molecular complexity index is 1420. The second kappa shape index (κ2) is 11.4. The van der Waals surface area contributed by atoms with Crippen LogP contribution in [0.3, 0.4) is 0 Å². The van der Waals surface area contributed by atoms with Gasteiger partial charge >= 0.3 is 0 Å². The van der Waals surface area contributed by atoms with Crippen molar-refractivity contribution in [2.45, 2.75) is 19.1 Å². The van der Waals surface area contributed by atoms with Crippen molar-refractivity contribution in [2.24, 2.45) is 5.73 Å². The van der Waals surface area contributed by atoms with Crippen LogP contribution in [0.4, 0.5) is 4.39 Å². The summed E-state index contributed by atoms with van der Waals surface area (Å²) in [5.41, 5.74) is 7.98. The van der Waals surface area contributed by atoms with Crippen LogP contribution >= 0.6 is 0 Å². The average Bonchev–Trinajstić information content (AvgIpc) is 3.32. The van der Waals surface area contributed by atoms with E-state index in [0.29, 0.717) is 16.8 Å². The molecule has 0 radical (unpaired) electrons. The van der Waals surface area contributed by atoms with Crippen LogP contribution in [0.1, 0.15) is 21.5 Å². The van der Waals surface area contributed by atoms with Crippen LogP contribution in [0, 0.1) is 5.82 Å². The molecule has 2 heterocycles. The third-order valence-electron chi connectivity index (χ3n) is 5.60. The number of nitrogens with two attached hydrogens (primary N) is 1. The number of halogens is 1. The summed E-state index contributed by atoms with van der Waals surface area (Å²) in [6, 6.07) is 16.7. The highest BCUT2D eigenvalue weighted by molar-refractivity contribution is 6.38. The van der Waals surface area contributed by atoms with E-state index in [9.17, 15) is 18.8 Å². The third kappa shape index (κ3) is 5.93. The van der Waals surface area contributed by atoms with Gasteiger partial charge in [-0.3, -0.25) is 14.4 Å². The number of nitrogens with zero attached hydrogens (tertiary/aromatic N) is 3. The molecular weight excluding hydrogens is 477 g/mol. The first-order chi connectivity index (χ1) is 17.9. The fourth-order valence-corrected chi connectivity index (χ4v) is 3.85. The third-order valence-corrected chi connectivity index (χ3v) is 5.60. The number of carbonyl (C=O) groups is 3. The summed E-state index contributed by atoms with van der Waals surface area (Å²) in [4.78, 5) is 41.8. The van der Waals surface area contributed by atoms with Crippen molar-refractivity contribution in [3.05, 3.63) is 102 Å². The molecule has 2 aromatic carbocycles. The summed E-state index contributed by atoms with van der Waals surface area (Å²) in [6.07, 6.45) is 3.24. The van der Waals surface area contributed by atoms with Crippen molar-refractivity contribution in [3.63, 3.8) is 0 Å². The summed E-state index contributed by atoms with van der Waals surface area (Å²) in [7, 11) is 1.54. The molecule has 2 amide bonds. The molecule has 4 rings (SSSR count). The van der Waals surface area contributed by atoms with Gasteiger partial charge in [0.2, 0.25) is 5.78 Å². The number of methoxy groups -OCH3 is 1. The number of Topliss-reactive ketones (excluding diaryl/α,β-unsaturated/α-hetero) is 1. The van der Waals surface area contributed by atoms with Gasteiger partial charge in [0, 0.05) is 37.1 Å². The van der Waals surface area contributed by atoms with Crippen LogP contribution in [0.25, 0.3) is 17.1 Å². The highest BCUT2D eigenvalue weighted by Gasteiger charge is 2.27. The molecule has 37 heavy (non-hydrogen) atoms. The number of nitrogens with one attached hydrogen (secondary N) is 1. The number of carbonyl (C=O) groups excluding carboxylic acids is 3. The maximum atomic E-state index is 13.5. The zero-order valence-corrected chi connectivity index (χ0v) is 19.9. The van der Waals surface area contributed by atoms with Gasteiger partial charge < -0.3 is 15.8 Å². The SMILES string of the molecule is COCc1cn(-c2ncccc2C(=O)NC(Cc2ccccc2)C(=O)C(N)=O)nc1-c1ccc(F)cc1. The van der Waals surface area contributed by atoms with E-state index in [-0.39, 0.29) is 30.2 Å². The van der Waals surface area contributed by atoms with Gasteiger partial charge in [-0.25, -0.2) is 14.1 Å². The summed E-state index contributed by atoms with van der Waals surface area (Å²) >= 11 is 0. The molecule has 0 aliphatic rings. The minimum atomic E-state index is -1.17. The molecule has 0 saturated heterocycles. The number of ether oxygens (including phenoxy) is 1. The van der Waals surface area contributed by atoms with E-state index in [2.05, 4.69) is 15.4 Å². The standard InChI is InChI=1S/C27H24FN5O4/c1-37-16-19-15-33(32-23(19)18-9-11-20(28)12-10-18)26-21(8-5-13-30-26)27(36)31-22(24(34)25(29)35)14-17-6-3-2-4-7-17/h2-13,15,22H,14,16H2,1H3,(H2,29,35)(H,31,36). The lowest BCUT2D eigenvalue weighted by molar-refractivity contribution is -0.137. The van der Waals surface area contributed by atoms with Crippen molar-refractivity contribution in [1.29, 1.82) is 0 Å². The number of aromatic nitrogens is 3. The van der Waals surface area contributed by atoms with Gasteiger partial charge in [0.1, 0.15) is 11.9 Å². The van der Waals surface area contributed by atoms with Gasteiger partial charge in [-0.05, 0) is 42.0 Å². The Balaban J connectivity index is 1.68. The van der Waals surface area contributed by atoms with E-state index in [1.165, 1.54) is 36.2 Å². The maximum absolute atomic E-state index is 13.5. The number of pyridine rings is 1. The number of amides is 2. The quantitative estimate of drug-likeness (QED) is 0.322. The van der Waals surface area contributed by atoms with Crippen LogP contribution in [-0.2, 0) is 27.4 Å². The Labute approximate surface area is 212 Å². The highest BCUT2D eigenvalue weighted by Crippen LogP contribution is 2.25. The zero-order chi connectivity index (χ0) is 26.4. The van der Waals surface area contributed by atoms with Crippen LogP contribution in [0.15, 0.2) is 79.1 Å². The Morgan fingerprint density at radius 3 is 2.46 bits per heavy atom. The fourth-order valence-electron chi connectivity index (χ4n) is 3.85. The van der Waals surface area contributed by atoms with Crippen molar-refractivity contribution >= 4 is 17.6 Å². The minimum absolute atomic E-state index is 0.0818. The van der Waals surface area contributed by atoms with Gasteiger partial charge in [-0.2, -0.15) is 5.10 Å². The predicted octanol–water partition coefficient (Wildman–Crippen LogP) is 2.62. The van der Waals surface area contributed by atoms with E-state index < -0.39 is 23.6 Å². The number of benzene rings is 2. The topological polar surface area (TPSA) is 129 Å². The monoisotopic (exact) mass is 501 g/mol. The molecule has 2 aromatic heterocycles. The Hall–Kier alpha value is -4.70. The second-order valence-corrected chi connectivity index (χ2v) is 8.21. The molecule has 0 aliphatic carbocycles.